The predicted octanol–water partition coefficient (Wildman–Crippen LogP) is 2.20. The topological polar surface area (TPSA) is 63.6 Å². The van der Waals surface area contributed by atoms with Crippen molar-refractivity contribution in [3.8, 4) is 11.5 Å². The van der Waals surface area contributed by atoms with E-state index in [9.17, 15) is 14.7 Å². The molecule has 16 heavy (non-hydrogen) atoms. The second-order valence-corrected chi connectivity index (χ2v) is 3.40. The first-order valence-electron chi connectivity index (χ1n) is 4.96. The number of aromatic hydroxyl groups is 1. The number of ether oxygens (including phenoxy) is 1. The predicted molar refractivity (Wildman–Crippen MR) is 59.3 cm³/mol. The Hall–Kier alpha value is -1.84. The molecule has 0 saturated heterocycles. The van der Waals surface area contributed by atoms with Gasteiger partial charge in [0.05, 0.1) is 18.2 Å². The third-order valence-electron chi connectivity index (χ3n) is 2.32. The van der Waals surface area contributed by atoms with Crippen molar-refractivity contribution >= 4 is 11.6 Å². The van der Waals surface area contributed by atoms with Crippen molar-refractivity contribution < 1.29 is 19.4 Å². The Morgan fingerprint density at radius 3 is 2.38 bits per heavy atom. The van der Waals surface area contributed by atoms with Crippen molar-refractivity contribution in [2.75, 3.05) is 7.11 Å². The molecular formula is C12H14O4. The van der Waals surface area contributed by atoms with Crippen LogP contribution in [0.2, 0.25) is 0 Å². The molecule has 1 N–H and O–H groups in total. The highest BCUT2D eigenvalue weighted by Gasteiger charge is 2.16. The van der Waals surface area contributed by atoms with Gasteiger partial charge >= 0.3 is 0 Å². The fourth-order valence-electron chi connectivity index (χ4n) is 1.43. The molecule has 0 atom stereocenters. The summed E-state index contributed by atoms with van der Waals surface area (Å²) in [5.74, 6) is -0.295. The van der Waals surface area contributed by atoms with E-state index in [-0.39, 0.29) is 28.6 Å². The largest absolute Gasteiger partial charge is 0.507 e. The van der Waals surface area contributed by atoms with Crippen LogP contribution in [0.15, 0.2) is 12.1 Å². The smallest absolute Gasteiger partial charge is 0.166 e. The molecule has 1 aromatic rings. The van der Waals surface area contributed by atoms with Gasteiger partial charge in [0.2, 0.25) is 0 Å². The fourth-order valence-corrected chi connectivity index (χ4v) is 1.43. The Morgan fingerprint density at radius 1 is 1.31 bits per heavy atom. The summed E-state index contributed by atoms with van der Waals surface area (Å²) in [6.07, 6.45) is 0.318. The molecule has 1 aromatic carbocycles. The lowest BCUT2D eigenvalue weighted by Crippen LogP contribution is -2.04. The average Bonchev–Trinajstić information content (AvgIpc) is 2.27. The van der Waals surface area contributed by atoms with Gasteiger partial charge in [0.1, 0.15) is 11.5 Å². The first-order chi connectivity index (χ1) is 7.51. The van der Waals surface area contributed by atoms with Gasteiger partial charge in [-0.15, -0.1) is 0 Å². The number of ketones is 2. The summed E-state index contributed by atoms with van der Waals surface area (Å²) in [7, 11) is 1.41. The van der Waals surface area contributed by atoms with Gasteiger partial charge in [-0.05, 0) is 13.0 Å². The molecule has 0 aliphatic heterocycles. The third-order valence-corrected chi connectivity index (χ3v) is 2.32. The number of carbonyl (C=O) groups is 2. The number of Topliss-reactive ketones (excluding diaryl/α,β-unsaturated/α-hetero) is 2. The van der Waals surface area contributed by atoms with Crippen LogP contribution in [0.3, 0.4) is 0 Å². The Morgan fingerprint density at radius 2 is 1.94 bits per heavy atom. The number of phenolic OH excluding ortho intramolecular Hbond substituents is 1. The van der Waals surface area contributed by atoms with E-state index < -0.39 is 0 Å². The van der Waals surface area contributed by atoms with Crippen LogP contribution in [0.25, 0.3) is 0 Å². The van der Waals surface area contributed by atoms with E-state index in [1.165, 1.54) is 26.2 Å². The summed E-state index contributed by atoms with van der Waals surface area (Å²) >= 11 is 0. The van der Waals surface area contributed by atoms with Crippen LogP contribution >= 0.6 is 0 Å². The van der Waals surface area contributed by atoms with E-state index in [0.717, 1.165) is 0 Å². The van der Waals surface area contributed by atoms with Gasteiger partial charge < -0.3 is 9.84 Å². The van der Waals surface area contributed by atoms with Crippen molar-refractivity contribution in [2.24, 2.45) is 0 Å². The number of benzene rings is 1. The number of rotatable bonds is 4. The minimum atomic E-state index is -0.287. The van der Waals surface area contributed by atoms with Gasteiger partial charge in [-0.25, -0.2) is 0 Å². The molecule has 0 saturated carbocycles. The minimum Gasteiger partial charge on any atom is -0.507 e. The van der Waals surface area contributed by atoms with Crippen molar-refractivity contribution in [1.82, 2.24) is 0 Å². The molecule has 0 bridgehead atoms. The third kappa shape index (κ3) is 2.21. The van der Waals surface area contributed by atoms with E-state index >= 15 is 0 Å². The van der Waals surface area contributed by atoms with Crippen LogP contribution < -0.4 is 4.74 Å². The average molecular weight is 222 g/mol. The molecule has 0 unspecified atom stereocenters. The molecule has 4 heteroatoms. The Bertz CT molecular complexity index is 435. The van der Waals surface area contributed by atoms with Crippen LogP contribution in [0, 0.1) is 0 Å². The van der Waals surface area contributed by atoms with Gasteiger partial charge in [0.15, 0.2) is 11.6 Å². The zero-order valence-electron chi connectivity index (χ0n) is 9.53. The maximum Gasteiger partial charge on any atom is 0.166 e. The molecule has 1 rings (SSSR count). The Kier molecular flexibility index (Phi) is 3.66. The van der Waals surface area contributed by atoms with Crippen LogP contribution in [0.5, 0.6) is 11.5 Å². The highest BCUT2D eigenvalue weighted by atomic mass is 16.5. The number of hydrogen-bond acceptors (Lipinski definition) is 4. The van der Waals surface area contributed by atoms with Gasteiger partial charge in [-0.2, -0.15) is 0 Å². The minimum absolute atomic E-state index is 0.126. The standard InChI is InChI=1S/C12H14O4/c1-4-10(14)9-5-8(7(2)13)11(15)6-12(9)16-3/h5-6,15H,4H2,1-3H3. The first kappa shape index (κ1) is 12.2. The highest BCUT2D eigenvalue weighted by molar-refractivity contribution is 6.03. The zero-order chi connectivity index (χ0) is 12.3. The summed E-state index contributed by atoms with van der Waals surface area (Å²) in [5, 5.41) is 9.56. The fraction of sp³-hybridized carbons (Fsp3) is 0.333. The van der Waals surface area contributed by atoms with Gasteiger partial charge in [-0.1, -0.05) is 6.92 Å². The molecule has 0 amide bonds. The van der Waals surface area contributed by atoms with E-state index in [1.807, 2.05) is 0 Å². The van der Waals surface area contributed by atoms with Crippen molar-refractivity contribution in [3.63, 3.8) is 0 Å². The number of phenols is 1. The van der Waals surface area contributed by atoms with E-state index in [0.29, 0.717) is 12.0 Å². The van der Waals surface area contributed by atoms with Crippen LogP contribution in [0.1, 0.15) is 41.0 Å². The highest BCUT2D eigenvalue weighted by Crippen LogP contribution is 2.29. The van der Waals surface area contributed by atoms with Crippen molar-refractivity contribution in [3.05, 3.63) is 23.3 Å². The lowest BCUT2D eigenvalue weighted by molar-refractivity contribution is 0.0985. The van der Waals surface area contributed by atoms with Crippen LogP contribution in [0.4, 0.5) is 0 Å². The second kappa shape index (κ2) is 4.79. The summed E-state index contributed by atoms with van der Waals surface area (Å²) < 4.78 is 4.99. The Labute approximate surface area is 93.9 Å². The van der Waals surface area contributed by atoms with Crippen LogP contribution in [-0.2, 0) is 0 Å². The molecule has 0 aromatic heterocycles. The van der Waals surface area contributed by atoms with E-state index in [2.05, 4.69) is 0 Å². The van der Waals surface area contributed by atoms with E-state index in [4.69, 9.17) is 4.74 Å². The first-order valence-corrected chi connectivity index (χ1v) is 4.96. The summed E-state index contributed by atoms with van der Waals surface area (Å²) in [6, 6.07) is 2.67. The summed E-state index contributed by atoms with van der Waals surface area (Å²) in [4.78, 5) is 22.8. The quantitative estimate of drug-likeness (QED) is 0.793. The van der Waals surface area contributed by atoms with E-state index in [1.54, 1.807) is 6.92 Å². The monoisotopic (exact) mass is 222 g/mol. The molecule has 0 heterocycles. The maximum atomic E-state index is 11.6. The molecule has 0 aliphatic rings. The van der Waals surface area contributed by atoms with Crippen LogP contribution in [-0.4, -0.2) is 23.8 Å². The summed E-state index contributed by atoms with van der Waals surface area (Å²) in [6.45, 7) is 3.06. The molecule has 0 fully saturated rings. The molecule has 0 radical (unpaired) electrons. The number of hydrogen-bond donors (Lipinski definition) is 1. The maximum absolute atomic E-state index is 11.6. The van der Waals surface area contributed by atoms with Gasteiger partial charge in [0.25, 0.3) is 0 Å². The van der Waals surface area contributed by atoms with Crippen molar-refractivity contribution in [1.29, 1.82) is 0 Å². The molecular weight excluding hydrogens is 208 g/mol. The number of methoxy groups -OCH3 is 1. The molecule has 4 nitrogen and oxygen atoms in total. The second-order valence-electron chi connectivity index (χ2n) is 3.40. The molecule has 0 aliphatic carbocycles. The van der Waals surface area contributed by atoms with Gasteiger partial charge in [0, 0.05) is 12.5 Å². The lowest BCUT2D eigenvalue weighted by Gasteiger charge is -2.09. The molecule has 86 valence electrons. The number of carbonyl (C=O) groups excluding carboxylic acids is 2. The zero-order valence-corrected chi connectivity index (χ0v) is 9.53. The summed E-state index contributed by atoms with van der Waals surface area (Å²) in [5.41, 5.74) is 0.464. The molecule has 0 spiro atoms. The van der Waals surface area contributed by atoms with Crippen molar-refractivity contribution in [2.45, 2.75) is 20.3 Å². The van der Waals surface area contributed by atoms with Gasteiger partial charge in [-0.3, -0.25) is 9.59 Å². The Balaban J connectivity index is 3.40. The SMILES string of the molecule is CCC(=O)c1cc(C(C)=O)c(O)cc1OC. The lowest BCUT2D eigenvalue weighted by atomic mass is 10.0. The normalized spacial score (nSPS) is 9.94.